The van der Waals surface area contributed by atoms with Crippen molar-refractivity contribution in [1.29, 1.82) is 0 Å². The van der Waals surface area contributed by atoms with Crippen molar-refractivity contribution < 1.29 is 32.2 Å². The van der Waals surface area contributed by atoms with E-state index in [1.807, 2.05) is 6.07 Å². The zero-order valence-corrected chi connectivity index (χ0v) is 23.4. The van der Waals surface area contributed by atoms with E-state index < -0.39 is 27.6 Å². The van der Waals surface area contributed by atoms with Gasteiger partial charge in [0.15, 0.2) is 4.90 Å². The van der Waals surface area contributed by atoms with Gasteiger partial charge >= 0.3 is 6.09 Å². The molecule has 0 aliphatic heterocycles. The van der Waals surface area contributed by atoms with Gasteiger partial charge in [-0.1, -0.05) is 6.07 Å². The van der Waals surface area contributed by atoms with Gasteiger partial charge in [0, 0.05) is 23.9 Å². The normalized spacial score (nSPS) is 11.4. The Kier molecular flexibility index (Phi) is 9.15. The van der Waals surface area contributed by atoms with E-state index in [1.54, 1.807) is 64.2 Å². The van der Waals surface area contributed by atoms with Gasteiger partial charge in [-0.25, -0.2) is 13.2 Å². The van der Waals surface area contributed by atoms with Crippen LogP contribution in [-0.4, -0.2) is 45.2 Å². The Labute approximate surface area is 227 Å². The molecule has 0 spiro atoms. The van der Waals surface area contributed by atoms with Crippen molar-refractivity contribution in [1.82, 2.24) is 20.6 Å². The number of rotatable bonds is 9. The Bertz CT molecular complexity index is 1440. The van der Waals surface area contributed by atoms with Gasteiger partial charge in [0.1, 0.15) is 17.1 Å². The first kappa shape index (κ1) is 29.4. The van der Waals surface area contributed by atoms with E-state index in [0.717, 1.165) is 11.1 Å². The first-order valence-electron chi connectivity index (χ1n) is 11.9. The van der Waals surface area contributed by atoms with Crippen LogP contribution in [0.4, 0.5) is 4.79 Å². The molecule has 3 N–H and O–H groups in total. The molecule has 12 heteroatoms. The van der Waals surface area contributed by atoms with Crippen LogP contribution in [0.1, 0.15) is 42.3 Å². The minimum atomic E-state index is -4.24. The van der Waals surface area contributed by atoms with Crippen LogP contribution < -0.4 is 25.0 Å². The number of methoxy groups -OCH3 is 2. The number of hydrazine groups is 1. The van der Waals surface area contributed by atoms with Gasteiger partial charge in [0.2, 0.25) is 0 Å². The first-order valence-corrected chi connectivity index (χ1v) is 13.4. The number of amides is 2. The van der Waals surface area contributed by atoms with Gasteiger partial charge in [-0.15, -0.1) is 4.83 Å². The highest BCUT2D eigenvalue weighted by atomic mass is 32.2. The summed E-state index contributed by atoms with van der Waals surface area (Å²) in [5.74, 6) is -0.567. The van der Waals surface area contributed by atoms with E-state index in [9.17, 15) is 18.0 Å². The summed E-state index contributed by atoms with van der Waals surface area (Å²) in [6.07, 6.45) is 1.06. The quantitative estimate of drug-likeness (QED) is 0.338. The van der Waals surface area contributed by atoms with E-state index >= 15 is 0 Å². The maximum Gasteiger partial charge on any atom is 0.407 e. The van der Waals surface area contributed by atoms with Crippen molar-refractivity contribution in [3.63, 3.8) is 0 Å². The maximum absolute atomic E-state index is 13.0. The Hall–Kier alpha value is -4.16. The molecule has 0 radical (unpaired) electrons. The molecule has 39 heavy (non-hydrogen) atoms. The van der Waals surface area contributed by atoms with Crippen molar-refractivity contribution >= 4 is 22.0 Å². The fourth-order valence-corrected chi connectivity index (χ4v) is 4.77. The van der Waals surface area contributed by atoms with E-state index in [4.69, 9.17) is 14.2 Å². The SMILES string of the molecule is COc1cccc(OC)c1S(=O)(=O)NNC(=O)c1cc(C)cc(-c2cc(CNC(=O)OC(C)(C)C)ccn2)c1. The summed E-state index contributed by atoms with van der Waals surface area (Å²) in [7, 11) is -1.58. The Morgan fingerprint density at radius 2 is 1.64 bits per heavy atom. The van der Waals surface area contributed by atoms with Gasteiger partial charge in [0.25, 0.3) is 15.9 Å². The molecule has 2 amide bonds. The second kappa shape index (κ2) is 12.1. The smallest absolute Gasteiger partial charge is 0.407 e. The van der Waals surface area contributed by atoms with Crippen molar-refractivity contribution in [3.8, 4) is 22.8 Å². The number of aromatic nitrogens is 1. The maximum atomic E-state index is 13.0. The number of carbonyl (C=O) groups excluding carboxylic acids is 2. The molecule has 0 aliphatic rings. The number of benzene rings is 2. The number of hydrogen-bond donors (Lipinski definition) is 3. The lowest BCUT2D eigenvalue weighted by atomic mass is 10.0. The van der Waals surface area contributed by atoms with Crippen LogP contribution in [0.25, 0.3) is 11.3 Å². The molecule has 2 aromatic carbocycles. The molecule has 1 heterocycles. The van der Waals surface area contributed by atoms with Crippen molar-refractivity contribution in [3.05, 3.63) is 71.4 Å². The van der Waals surface area contributed by atoms with Gasteiger partial charge in [-0.2, -0.15) is 0 Å². The summed E-state index contributed by atoms with van der Waals surface area (Å²) >= 11 is 0. The summed E-state index contributed by atoms with van der Waals surface area (Å²) in [4.78, 5) is 31.2. The highest BCUT2D eigenvalue weighted by molar-refractivity contribution is 7.89. The van der Waals surface area contributed by atoms with Crippen LogP contribution in [0.15, 0.2) is 59.6 Å². The number of ether oxygens (including phenoxy) is 3. The average molecular weight is 557 g/mol. The highest BCUT2D eigenvalue weighted by Crippen LogP contribution is 2.32. The first-order chi connectivity index (χ1) is 18.3. The largest absolute Gasteiger partial charge is 0.495 e. The van der Waals surface area contributed by atoms with Crippen LogP contribution in [0, 0.1) is 6.92 Å². The van der Waals surface area contributed by atoms with Crippen molar-refractivity contribution in [2.24, 2.45) is 0 Å². The monoisotopic (exact) mass is 556 g/mol. The third-order valence-electron chi connectivity index (χ3n) is 5.25. The topological polar surface area (TPSA) is 145 Å². The Balaban J connectivity index is 1.77. The fraction of sp³-hybridized carbons (Fsp3) is 0.296. The zero-order chi connectivity index (χ0) is 28.8. The third-order valence-corrected chi connectivity index (χ3v) is 6.56. The standard InChI is InChI=1S/C27H32N4O7S/c1-17-12-19(21-14-18(10-11-28-21)16-29-26(33)38-27(2,3)4)15-20(13-17)25(32)30-31-39(34,35)24-22(36-5)8-7-9-23(24)37-6/h7-15,31H,16H2,1-6H3,(H,29,33)(H,30,32). The molecular formula is C27H32N4O7S. The number of aryl methyl sites for hydroxylation is 1. The molecule has 0 bridgehead atoms. The molecule has 0 saturated carbocycles. The molecule has 3 aromatic rings. The molecule has 0 saturated heterocycles. The number of alkyl carbamates (subject to hydrolysis) is 1. The number of hydrogen-bond acceptors (Lipinski definition) is 8. The lowest BCUT2D eigenvalue weighted by molar-refractivity contribution is 0.0523. The molecule has 3 rings (SSSR count). The van der Waals surface area contributed by atoms with Gasteiger partial charge < -0.3 is 19.5 Å². The minimum absolute atomic E-state index is 0.0565. The molecule has 0 atom stereocenters. The highest BCUT2D eigenvalue weighted by Gasteiger charge is 2.25. The molecule has 11 nitrogen and oxygen atoms in total. The molecule has 1 aromatic heterocycles. The van der Waals surface area contributed by atoms with Crippen molar-refractivity contribution in [2.75, 3.05) is 14.2 Å². The predicted octanol–water partition coefficient (Wildman–Crippen LogP) is 3.72. The third kappa shape index (κ3) is 7.91. The van der Waals surface area contributed by atoms with Crippen LogP contribution in [0.3, 0.4) is 0 Å². The molecule has 208 valence electrons. The van der Waals surface area contributed by atoms with E-state index in [-0.39, 0.29) is 28.5 Å². The fourth-order valence-electron chi connectivity index (χ4n) is 3.61. The van der Waals surface area contributed by atoms with Crippen molar-refractivity contribution in [2.45, 2.75) is 44.7 Å². The lowest BCUT2D eigenvalue weighted by Crippen LogP contribution is -2.41. The van der Waals surface area contributed by atoms with E-state index in [1.165, 1.54) is 26.4 Å². The summed E-state index contributed by atoms with van der Waals surface area (Å²) in [6, 6.07) is 13.1. The zero-order valence-electron chi connectivity index (χ0n) is 22.6. The number of nitrogens with one attached hydrogen (secondary N) is 3. The average Bonchev–Trinajstić information content (AvgIpc) is 2.88. The number of sulfonamides is 1. The second-order valence-corrected chi connectivity index (χ2v) is 11.2. The summed E-state index contributed by atoms with van der Waals surface area (Å²) < 4.78 is 41.5. The number of pyridine rings is 1. The number of carbonyl (C=O) groups is 2. The summed E-state index contributed by atoms with van der Waals surface area (Å²) in [6.45, 7) is 7.37. The van der Waals surface area contributed by atoms with E-state index in [2.05, 4.69) is 20.6 Å². The number of nitrogens with zero attached hydrogens (tertiary/aromatic N) is 1. The Morgan fingerprint density at radius 3 is 2.26 bits per heavy atom. The second-order valence-electron chi connectivity index (χ2n) is 9.54. The molecule has 0 unspecified atom stereocenters. The predicted molar refractivity (Wildman–Crippen MR) is 145 cm³/mol. The Morgan fingerprint density at radius 1 is 0.974 bits per heavy atom. The molecule has 0 aliphatic carbocycles. The minimum Gasteiger partial charge on any atom is -0.495 e. The van der Waals surface area contributed by atoms with Gasteiger partial charge in [-0.05, 0) is 81.3 Å². The lowest BCUT2D eigenvalue weighted by Gasteiger charge is -2.19. The molecule has 0 fully saturated rings. The van der Waals surface area contributed by atoms with E-state index in [0.29, 0.717) is 11.3 Å². The van der Waals surface area contributed by atoms with Gasteiger partial charge in [0.05, 0.1) is 19.9 Å². The van der Waals surface area contributed by atoms with Crippen LogP contribution in [0.5, 0.6) is 11.5 Å². The summed E-state index contributed by atoms with van der Waals surface area (Å²) in [5, 5.41) is 2.70. The van der Waals surface area contributed by atoms with Crippen LogP contribution in [0.2, 0.25) is 0 Å². The van der Waals surface area contributed by atoms with Crippen LogP contribution in [-0.2, 0) is 21.3 Å². The molecular weight excluding hydrogens is 524 g/mol. The van der Waals surface area contributed by atoms with Gasteiger partial charge in [-0.3, -0.25) is 15.2 Å². The van der Waals surface area contributed by atoms with Crippen LogP contribution >= 0.6 is 0 Å². The summed E-state index contributed by atoms with van der Waals surface area (Å²) in [5.41, 5.74) is 4.56.